The predicted octanol–water partition coefficient (Wildman–Crippen LogP) is 3.68. The molecular formula is C17H28N2O. The summed E-state index contributed by atoms with van der Waals surface area (Å²) in [5.74, 6) is 0.946. The Morgan fingerprint density at radius 2 is 1.85 bits per heavy atom. The highest BCUT2D eigenvalue weighted by Gasteiger charge is 2.31. The van der Waals surface area contributed by atoms with Crippen molar-refractivity contribution < 1.29 is 4.74 Å². The van der Waals surface area contributed by atoms with Crippen LogP contribution >= 0.6 is 0 Å². The van der Waals surface area contributed by atoms with Crippen LogP contribution in [0.5, 0.6) is 5.75 Å². The van der Waals surface area contributed by atoms with Gasteiger partial charge < -0.3 is 10.5 Å². The molecule has 0 unspecified atom stereocenters. The van der Waals surface area contributed by atoms with Crippen molar-refractivity contribution >= 4 is 5.69 Å². The molecule has 2 N–H and O–H groups in total. The lowest BCUT2D eigenvalue weighted by molar-refractivity contribution is 0.0904. The third-order valence-electron chi connectivity index (χ3n) is 5.12. The van der Waals surface area contributed by atoms with Crippen LogP contribution in [0.4, 0.5) is 5.69 Å². The second-order valence-electron chi connectivity index (χ2n) is 6.05. The van der Waals surface area contributed by atoms with E-state index in [1.54, 1.807) is 7.11 Å². The van der Waals surface area contributed by atoms with Crippen LogP contribution in [-0.2, 0) is 6.54 Å². The van der Waals surface area contributed by atoms with E-state index >= 15 is 0 Å². The van der Waals surface area contributed by atoms with Crippen molar-refractivity contribution in [3.05, 3.63) is 23.8 Å². The Balaban J connectivity index is 2.01. The van der Waals surface area contributed by atoms with Crippen LogP contribution in [0.15, 0.2) is 18.2 Å². The summed E-state index contributed by atoms with van der Waals surface area (Å²) in [5, 5.41) is 0. The first kappa shape index (κ1) is 15.2. The molecule has 1 aliphatic heterocycles. The number of hydrogen-bond donors (Lipinski definition) is 1. The number of piperidine rings is 1. The number of nitrogen functional groups attached to an aromatic ring is 1. The Kier molecular flexibility index (Phi) is 4.92. The summed E-state index contributed by atoms with van der Waals surface area (Å²) in [4.78, 5) is 2.53. The third-order valence-corrected chi connectivity index (χ3v) is 5.12. The number of benzene rings is 1. The van der Waals surface area contributed by atoms with Crippen molar-refractivity contribution in [3.8, 4) is 5.75 Å². The van der Waals surface area contributed by atoms with Gasteiger partial charge in [-0.05, 0) is 49.5 Å². The molecular weight excluding hydrogens is 248 g/mol. The first-order valence-corrected chi connectivity index (χ1v) is 7.77. The number of rotatable bonds is 5. The summed E-state index contributed by atoms with van der Waals surface area (Å²) in [5.41, 5.74) is 8.50. The molecule has 1 heterocycles. The van der Waals surface area contributed by atoms with E-state index in [0.717, 1.165) is 18.0 Å². The average Bonchev–Trinajstić information content (AvgIpc) is 2.49. The molecule has 1 saturated heterocycles. The van der Waals surface area contributed by atoms with E-state index in [4.69, 9.17) is 10.5 Å². The Hall–Kier alpha value is -1.22. The lowest BCUT2D eigenvalue weighted by Gasteiger charge is -2.41. The van der Waals surface area contributed by atoms with Gasteiger partial charge in [0, 0.05) is 17.8 Å². The standard InChI is InChI=1S/C17H28N2O/c1-4-17(5-2)8-10-19(11-9-17)13-14-12-15(18)6-7-16(14)20-3/h6-7,12H,4-5,8-11,13,18H2,1-3H3. The Bertz CT molecular complexity index is 431. The quantitative estimate of drug-likeness (QED) is 0.834. The van der Waals surface area contributed by atoms with E-state index in [-0.39, 0.29) is 0 Å². The summed E-state index contributed by atoms with van der Waals surface area (Å²) in [6.45, 7) is 7.97. The van der Waals surface area contributed by atoms with Crippen molar-refractivity contribution in [3.63, 3.8) is 0 Å². The molecule has 20 heavy (non-hydrogen) atoms. The van der Waals surface area contributed by atoms with E-state index in [1.165, 1.54) is 44.3 Å². The van der Waals surface area contributed by atoms with Crippen molar-refractivity contribution in [1.29, 1.82) is 0 Å². The maximum absolute atomic E-state index is 5.90. The predicted molar refractivity (Wildman–Crippen MR) is 84.9 cm³/mol. The third kappa shape index (κ3) is 3.26. The minimum atomic E-state index is 0.580. The fraction of sp³-hybridized carbons (Fsp3) is 0.647. The van der Waals surface area contributed by atoms with Crippen LogP contribution in [0.3, 0.4) is 0 Å². The van der Waals surface area contributed by atoms with Gasteiger partial charge in [0.1, 0.15) is 5.75 Å². The fourth-order valence-electron chi connectivity index (χ4n) is 3.31. The summed E-state index contributed by atoms with van der Waals surface area (Å²) in [6.07, 6.45) is 5.23. The van der Waals surface area contributed by atoms with Crippen molar-refractivity contribution in [2.24, 2.45) is 5.41 Å². The Morgan fingerprint density at radius 3 is 2.40 bits per heavy atom. The number of nitrogens with two attached hydrogens (primary N) is 1. The van der Waals surface area contributed by atoms with Gasteiger partial charge in [-0.1, -0.05) is 26.7 Å². The van der Waals surface area contributed by atoms with Crippen LogP contribution in [0.25, 0.3) is 0 Å². The normalized spacial score (nSPS) is 18.9. The molecule has 1 fully saturated rings. The van der Waals surface area contributed by atoms with Crippen molar-refractivity contribution in [2.75, 3.05) is 25.9 Å². The lowest BCUT2D eigenvalue weighted by Crippen LogP contribution is -2.39. The van der Waals surface area contributed by atoms with Crippen LogP contribution in [-0.4, -0.2) is 25.1 Å². The Labute approximate surface area is 123 Å². The zero-order chi connectivity index (χ0) is 14.6. The first-order valence-electron chi connectivity index (χ1n) is 7.77. The molecule has 1 aromatic rings. The summed E-state index contributed by atoms with van der Waals surface area (Å²) in [6, 6.07) is 5.91. The summed E-state index contributed by atoms with van der Waals surface area (Å²) < 4.78 is 5.44. The molecule has 0 saturated carbocycles. The van der Waals surface area contributed by atoms with Gasteiger partial charge >= 0.3 is 0 Å². The summed E-state index contributed by atoms with van der Waals surface area (Å²) in [7, 11) is 1.73. The minimum Gasteiger partial charge on any atom is -0.496 e. The molecule has 0 atom stereocenters. The number of anilines is 1. The van der Waals surface area contributed by atoms with E-state index in [9.17, 15) is 0 Å². The SMILES string of the molecule is CCC1(CC)CCN(Cc2cc(N)ccc2OC)CC1. The van der Waals surface area contributed by atoms with Crippen LogP contribution < -0.4 is 10.5 Å². The van der Waals surface area contributed by atoms with Gasteiger partial charge in [0.25, 0.3) is 0 Å². The molecule has 1 aromatic carbocycles. The average molecular weight is 276 g/mol. The van der Waals surface area contributed by atoms with Gasteiger partial charge in [-0.15, -0.1) is 0 Å². The smallest absolute Gasteiger partial charge is 0.123 e. The second kappa shape index (κ2) is 6.49. The lowest BCUT2D eigenvalue weighted by atomic mass is 9.74. The van der Waals surface area contributed by atoms with Gasteiger partial charge in [-0.3, -0.25) is 4.90 Å². The highest BCUT2D eigenvalue weighted by atomic mass is 16.5. The number of ether oxygens (including phenoxy) is 1. The molecule has 3 heteroatoms. The largest absolute Gasteiger partial charge is 0.496 e. The zero-order valence-electron chi connectivity index (χ0n) is 13.1. The van der Waals surface area contributed by atoms with Gasteiger partial charge in [-0.25, -0.2) is 0 Å². The summed E-state index contributed by atoms with van der Waals surface area (Å²) >= 11 is 0. The first-order chi connectivity index (χ1) is 9.62. The minimum absolute atomic E-state index is 0.580. The molecule has 1 aliphatic rings. The number of methoxy groups -OCH3 is 1. The molecule has 0 spiro atoms. The van der Waals surface area contributed by atoms with E-state index in [0.29, 0.717) is 5.41 Å². The molecule has 0 aromatic heterocycles. The molecule has 0 aliphatic carbocycles. The van der Waals surface area contributed by atoms with Gasteiger partial charge in [0.15, 0.2) is 0 Å². The number of hydrogen-bond acceptors (Lipinski definition) is 3. The van der Waals surface area contributed by atoms with Gasteiger partial charge in [0.2, 0.25) is 0 Å². The number of nitrogens with zero attached hydrogens (tertiary/aromatic N) is 1. The molecule has 0 bridgehead atoms. The van der Waals surface area contributed by atoms with Gasteiger partial charge in [-0.2, -0.15) is 0 Å². The highest BCUT2D eigenvalue weighted by molar-refractivity contribution is 5.47. The monoisotopic (exact) mass is 276 g/mol. The zero-order valence-corrected chi connectivity index (χ0v) is 13.1. The van der Waals surface area contributed by atoms with Crippen molar-refractivity contribution in [2.45, 2.75) is 46.1 Å². The second-order valence-corrected chi connectivity index (χ2v) is 6.05. The van der Waals surface area contributed by atoms with Gasteiger partial charge in [0.05, 0.1) is 7.11 Å². The maximum Gasteiger partial charge on any atom is 0.123 e. The van der Waals surface area contributed by atoms with Crippen LogP contribution in [0.1, 0.15) is 45.1 Å². The van der Waals surface area contributed by atoms with Crippen molar-refractivity contribution in [1.82, 2.24) is 4.90 Å². The van der Waals surface area contributed by atoms with Crippen LogP contribution in [0.2, 0.25) is 0 Å². The fourth-order valence-corrected chi connectivity index (χ4v) is 3.31. The molecule has 0 amide bonds. The highest BCUT2D eigenvalue weighted by Crippen LogP contribution is 2.38. The van der Waals surface area contributed by atoms with E-state index in [1.807, 2.05) is 18.2 Å². The van der Waals surface area contributed by atoms with E-state index in [2.05, 4.69) is 18.7 Å². The topological polar surface area (TPSA) is 38.5 Å². The Morgan fingerprint density at radius 1 is 1.20 bits per heavy atom. The molecule has 3 nitrogen and oxygen atoms in total. The maximum atomic E-state index is 5.90. The molecule has 2 rings (SSSR count). The van der Waals surface area contributed by atoms with E-state index < -0.39 is 0 Å². The molecule has 112 valence electrons. The molecule has 0 radical (unpaired) electrons. The number of likely N-dealkylation sites (tertiary alicyclic amines) is 1. The van der Waals surface area contributed by atoms with Crippen LogP contribution in [0, 0.1) is 5.41 Å².